The summed E-state index contributed by atoms with van der Waals surface area (Å²) in [5, 5.41) is 0.246. The molecule has 1 heterocycles. The van der Waals surface area contributed by atoms with Crippen LogP contribution in [0.15, 0.2) is 18.2 Å². The van der Waals surface area contributed by atoms with E-state index in [1.165, 1.54) is 24.0 Å². The Morgan fingerprint density at radius 1 is 1.27 bits per heavy atom. The van der Waals surface area contributed by atoms with Crippen LogP contribution in [-0.4, -0.2) is 14.4 Å². The first-order chi connectivity index (χ1) is 10.2. The lowest BCUT2D eigenvalue weighted by Gasteiger charge is -2.36. The molecule has 0 bridgehead atoms. The Balaban J connectivity index is 2.05. The van der Waals surface area contributed by atoms with Gasteiger partial charge in [0.05, 0.1) is 6.61 Å². The van der Waals surface area contributed by atoms with Gasteiger partial charge in [-0.2, -0.15) is 0 Å². The molecule has 0 radical (unpaired) electrons. The van der Waals surface area contributed by atoms with E-state index in [-0.39, 0.29) is 5.04 Å². The van der Waals surface area contributed by atoms with Gasteiger partial charge >= 0.3 is 0 Å². The first-order valence-electron chi connectivity index (χ1n) is 8.66. The summed E-state index contributed by atoms with van der Waals surface area (Å²) in [5.41, 5.74) is 2.58. The predicted molar refractivity (Wildman–Crippen MR) is 96.1 cm³/mol. The lowest BCUT2D eigenvalue weighted by molar-refractivity contribution is 0.208. The topological polar surface area (TPSA) is 18.5 Å². The third kappa shape index (κ3) is 3.93. The van der Waals surface area contributed by atoms with Crippen molar-refractivity contribution >= 4 is 8.32 Å². The van der Waals surface area contributed by atoms with Crippen LogP contribution in [0.2, 0.25) is 18.1 Å². The average Bonchev–Trinajstić information content (AvgIpc) is 2.85. The van der Waals surface area contributed by atoms with Gasteiger partial charge in [0.1, 0.15) is 11.9 Å². The highest BCUT2D eigenvalue weighted by Crippen LogP contribution is 2.39. The zero-order valence-corrected chi connectivity index (χ0v) is 16.2. The number of rotatable bonds is 6. The minimum atomic E-state index is -1.71. The van der Waals surface area contributed by atoms with Crippen LogP contribution in [0.5, 0.6) is 5.75 Å². The second-order valence-electron chi connectivity index (χ2n) is 8.04. The molecule has 0 fully saturated rings. The average molecular weight is 321 g/mol. The van der Waals surface area contributed by atoms with Gasteiger partial charge < -0.3 is 9.16 Å². The molecule has 2 nitrogen and oxygen atoms in total. The van der Waals surface area contributed by atoms with Crippen molar-refractivity contribution in [2.45, 2.75) is 84.2 Å². The number of benzene rings is 1. The van der Waals surface area contributed by atoms with Crippen LogP contribution >= 0.6 is 0 Å². The molecule has 1 atom stereocenters. The Morgan fingerprint density at radius 3 is 2.64 bits per heavy atom. The number of hydrogen-bond donors (Lipinski definition) is 0. The van der Waals surface area contributed by atoms with Crippen molar-refractivity contribution < 1.29 is 9.16 Å². The third-order valence-corrected chi connectivity index (χ3v) is 9.66. The van der Waals surface area contributed by atoms with E-state index in [4.69, 9.17) is 9.16 Å². The lowest BCUT2D eigenvalue weighted by Crippen LogP contribution is -2.40. The molecule has 0 amide bonds. The van der Waals surface area contributed by atoms with E-state index in [0.717, 1.165) is 18.6 Å². The van der Waals surface area contributed by atoms with Gasteiger partial charge in [-0.1, -0.05) is 58.7 Å². The van der Waals surface area contributed by atoms with E-state index in [2.05, 4.69) is 59.0 Å². The monoisotopic (exact) mass is 320 g/mol. The van der Waals surface area contributed by atoms with Crippen molar-refractivity contribution in [3.63, 3.8) is 0 Å². The fraction of sp³-hybridized carbons (Fsp3) is 0.684. The number of hydrogen-bond acceptors (Lipinski definition) is 2. The van der Waals surface area contributed by atoms with Gasteiger partial charge in [-0.05, 0) is 30.1 Å². The summed E-state index contributed by atoms with van der Waals surface area (Å²) >= 11 is 0. The van der Waals surface area contributed by atoms with E-state index < -0.39 is 8.32 Å². The molecule has 0 spiro atoms. The Hall–Kier alpha value is -0.803. The van der Waals surface area contributed by atoms with Crippen LogP contribution in [0.4, 0.5) is 0 Å². The van der Waals surface area contributed by atoms with Crippen molar-refractivity contribution in [1.82, 2.24) is 0 Å². The van der Waals surface area contributed by atoms with Crippen molar-refractivity contribution in [2.75, 3.05) is 0 Å². The van der Waals surface area contributed by atoms with Gasteiger partial charge in [-0.15, -0.1) is 0 Å². The van der Waals surface area contributed by atoms with E-state index in [1.54, 1.807) is 0 Å². The number of ether oxygens (including phenoxy) is 1. The molecule has 1 aromatic carbocycles. The summed E-state index contributed by atoms with van der Waals surface area (Å²) in [7, 11) is -1.71. The molecule has 0 aromatic heterocycles. The van der Waals surface area contributed by atoms with Crippen molar-refractivity contribution in [1.29, 1.82) is 0 Å². The standard InChI is InChI=1S/C19H32O2Si/c1-7-8-12-17-13-15-10-9-11-16(18(15)21-17)14-20-22(5,6)19(2,3)4/h9-11,17H,7-8,12-14H2,1-6H3. The van der Waals surface area contributed by atoms with Crippen LogP contribution < -0.4 is 4.74 Å². The van der Waals surface area contributed by atoms with Crippen molar-refractivity contribution in [3.8, 4) is 5.75 Å². The second kappa shape index (κ2) is 6.75. The van der Waals surface area contributed by atoms with Gasteiger partial charge in [0.15, 0.2) is 8.32 Å². The van der Waals surface area contributed by atoms with Gasteiger partial charge in [-0.25, -0.2) is 0 Å². The molecule has 1 aliphatic rings. The summed E-state index contributed by atoms with van der Waals surface area (Å²) < 4.78 is 12.6. The molecule has 1 unspecified atom stereocenters. The number of fused-ring (bicyclic) bond motifs is 1. The highest BCUT2D eigenvalue weighted by Gasteiger charge is 2.37. The molecule has 2 rings (SSSR count). The van der Waals surface area contributed by atoms with E-state index in [0.29, 0.717) is 12.7 Å². The van der Waals surface area contributed by atoms with Crippen LogP contribution in [0, 0.1) is 0 Å². The van der Waals surface area contributed by atoms with Gasteiger partial charge in [-0.3, -0.25) is 0 Å². The van der Waals surface area contributed by atoms with Crippen LogP contribution in [-0.2, 0) is 17.5 Å². The molecular formula is C19H32O2Si. The normalized spacial score (nSPS) is 18.2. The van der Waals surface area contributed by atoms with Crippen LogP contribution in [0.1, 0.15) is 58.1 Å². The zero-order chi connectivity index (χ0) is 16.4. The molecule has 1 aromatic rings. The maximum atomic E-state index is 6.38. The number of unbranched alkanes of at least 4 members (excludes halogenated alkanes) is 1. The maximum absolute atomic E-state index is 6.38. The first kappa shape index (κ1) is 17.5. The summed E-state index contributed by atoms with van der Waals surface area (Å²) in [6.07, 6.45) is 5.06. The fourth-order valence-corrected chi connectivity index (χ4v) is 3.53. The fourth-order valence-electron chi connectivity index (χ4n) is 2.58. The maximum Gasteiger partial charge on any atom is 0.192 e. The molecule has 0 aliphatic carbocycles. The van der Waals surface area contributed by atoms with E-state index >= 15 is 0 Å². The van der Waals surface area contributed by atoms with Gasteiger partial charge in [0.25, 0.3) is 0 Å². The predicted octanol–water partition coefficient (Wildman–Crippen LogP) is 5.70. The SMILES string of the molecule is CCCCC1Cc2cccc(CO[Si](C)(C)C(C)(C)C)c2O1. The molecule has 0 saturated heterocycles. The highest BCUT2D eigenvalue weighted by atomic mass is 28.4. The lowest BCUT2D eigenvalue weighted by atomic mass is 10.0. The molecule has 22 heavy (non-hydrogen) atoms. The molecular weight excluding hydrogens is 288 g/mol. The molecule has 0 N–H and O–H groups in total. The molecule has 1 aliphatic heterocycles. The molecule has 0 saturated carbocycles. The zero-order valence-electron chi connectivity index (χ0n) is 15.2. The minimum absolute atomic E-state index is 0.246. The van der Waals surface area contributed by atoms with Crippen LogP contribution in [0.3, 0.4) is 0 Å². The quantitative estimate of drug-likeness (QED) is 0.626. The van der Waals surface area contributed by atoms with Crippen molar-refractivity contribution in [3.05, 3.63) is 29.3 Å². The van der Waals surface area contributed by atoms with Crippen LogP contribution in [0.25, 0.3) is 0 Å². The number of para-hydroxylation sites is 1. The summed E-state index contributed by atoms with van der Waals surface area (Å²) in [4.78, 5) is 0. The molecule has 3 heteroatoms. The summed E-state index contributed by atoms with van der Waals surface area (Å²) in [6.45, 7) is 14.4. The summed E-state index contributed by atoms with van der Waals surface area (Å²) in [6, 6.07) is 6.51. The minimum Gasteiger partial charge on any atom is -0.489 e. The van der Waals surface area contributed by atoms with Crippen molar-refractivity contribution in [2.24, 2.45) is 0 Å². The largest absolute Gasteiger partial charge is 0.489 e. The second-order valence-corrected chi connectivity index (χ2v) is 12.8. The third-order valence-electron chi connectivity index (χ3n) is 5.18. The Kier molecular flexibility index (Phi) is 5.39. The van der Waals surface area contributed by atoms with E-state index in [1.807, 2.05) is 0 Å². The van der Waals surface area contributed by atoms with Gasteiger partial charge in [0, 0.05) is 12.0 Å². The Morgan fingerprint density at radius 2 is 2.00 bits per heavy atom. The van der Waals surface area contributed by atoms with E-state index in [9.17, 15) is 0 Å². The molecule has 124 valence electrons. The first-order valence-corrected chi connectivity index (χ1v) is 11.6. The Labute approximate surface area is 137 Å². The van der Waals surface area contributed by atoms with Gasteiger partial charge in [0.2, 0.25) is 0 Å². The summed E-state index contributed by atoms with van der Waals surface area (Å²) in [5.74, 6) is 1.10. The smallest absolute Gasteiger partial charge is 0.192 e. The Bertz CT molecular complexity index is 503. The highest BCUT2D eigenvalue weighted by molar-refractivity contribution is 6.74.